The van der Waals surface area contributed by atoms with E-state index in [1.807, 2.05) is 24.3 Å². The van der Waals surface area contributed by atoms with Crippen LogP contribution >= 0.6 is 0 Å². The van der Waals surface area contributed by atoms with E-state index < -0.39 is 35.0 Å². The highest BCUT2D eigenvalue weighted by Gasteiger charge is 2.61. The van der Waals surface area contributed by atoms with Crippen molar-refractivity contribution in [3.05, 3.63) is 81.9 Å². The average molecular weight is 479 g/mol. The molecule has 5 rings (SSSR count). The number of hydrogen-bond acceptors (Lipinski definition) is 7. The number of likely N-dealkylation sites (N-methyl/N-ethyl adjacent to an activating group) is 1. The lowest BCUT2D eigenvalue weighted by Crippen LogP contribution is -2.60. The molecule has 1 aromatic rings. The summed E-state index contributed by atoms with van der Waals surface area (Å²) in [5.41, 5.74) is 4.42. The maximum absolute atomic E-state index is 12.2. The Labute approximate surface area is 203 Å². The van der Waals surface area contributed by atoms with E-state index in [0.29, 0.717) is 27.8 Å². The average Bonchev–Trinajstić information content (AvgIpc) is 3.30. The molecule has 4 aliphatic rings. The monoisotopic (exact) mass is 478 g/mol. The third-order valence-electron chi connectivity index (χ3n) is 8.12. The van der Waals surface area contributed by atoms with Crippen LogP contribution in [-0.4, -0.2) is 62.1 Å². The van der Waals surface area contributed by atoms with Crippen LogP contribution in [0.2, 0.25) is 0 Å². The highest BCUT2D eigenvalue weighted by atomic mass is 16.3. The summed E-state index contributed by atoms with van der Waals surface area (Å²) in [6, 6.07) is 4.11. The number of aromatic hydroxyl groups is 1. The second-order valence-electron chi connectivity index (χ2n) is 10.3. The molecule has 0 heterocycles. The zero-order valence-corrected chi connectivity index (χ0v) is 19.9. The number of allylic oxidation sites excluding steroid dienone is 6. The summed E-state index contributed by atoms with van der Waals surface area (Å²) < 4.78 is 0. The summed E-state index contributed by atoms with van der Waals surface area (Å²) in [5, 5.41) is 57.5. The quantitative estimate of drug-likeness (QED) is 0.382. The summed E-state index contributed by atoms with van der Waals surface area (Å²) in [7, 11) is 3.41. The maximum Gasteiger partial charge on any atom is 0.248 e. The van der Waals surface area contributed by atoms with Gasteiger partial charge >= 0.3 is 0 Å². The van der Waals surface area contributed by atoms with Crippen LogP contribution in [-0.2, 0) is 10.4 Å². The van der Waals surface area contributed by atoms with Gasteiger partial charge in [-0.05, 0) is 44.6 Å². The molecule has 8 heteroatoms. The van der Waals surface area contributed by atoms with Gasteiger partial charge in [0.1, 0.15) is 22.9 Å². The first-order valence-electron chi connectivity index (χ1n) is 11.6. The van der Waals surface area contributed by atoms with Crippen molar-refractivity contribution < 1.29 is 30.3 Å². The fourth-order valence-corrected chi connectivity index (χ4v) is 6.48. The number of hydrogen-bond donors (Lipinski definition) is 6. The van der Waals surface area contributed by atoms with Crippen LogP contribution in [0.5, 0.6) is 5.75 Å². The fraction of sp³-hybridized carbons (Fsp3) is 0.370. The standard InChI is InChI=1S/C27H30N2O6/c1-26(34)15-9-6-10-18(30)20(15)19(13-7-4-5-8-13)21-16(26)11-17-22(29(2)3)23(31)14(25(28)33)12-27(17,35)24(21)32/h4-10,16-17,22,30-32,34-35H,11-12H2,1-3H3,(H2,28,33)/t16?,17?,22-,26+,27-/m0/s1. The maximum atomic E-state index is 12.2. The SMILES string of the molecule is CN(C)[C@@H]1C(O)=C(C(N)=O)C[C@@]2(O)C(O)=C3C(=C4C=CC=C4)c4c(O)cccc4[C@@](C)(O)C3CC12. The Kier molecular flexibility index (Phi) is 5.07. The Bertz CT molecular complexity index is 1280. The minimum Gasteiger partial charge on any atom is -0.510 e. The van der Waals surface area contributed by atoms with E-state index in [1.54, 1.807) is 38.1 Å². The van der Waals surface area contributed by atoms with Gasteiger partial charge in [0.05, 0.1) is 17.2 Å². The number of carbonyl (C=O) groups is 1. The first kappa shape index (κ1) is 23.4. The summed E-state index contributed by atoms with van der Waals surface area (Å²) in [4.78, 5) is 13.9. The summed E-state index contributed by atoms with van der Waals surface area (Å²) in [6.45, 7) is 1.63. The number of benzene rings is 1. The number of primary amides is 1. The molecule has 0 aliphatic heterocycles. The van der Waals surface area contributed by atoms with E-state index in [9.17, 15) is 30.3 Å². The zero-order valence-electron chi connectivity index (χ0n) is 19.9. The van der Waals surface area contributed by atoms with Crippen LogP contribution in [0.4, 0.5) is 0 Å². The molecule has 0 saturated carbocycles. The largest absolute Gasteiger partial charge is 0.510 e. The predicted octanol–water partition coefficient (Wildman–Crippen LogP) is 2.30. The van der Waals surface area contributed by atoms with Gasteiger partial charge in [0.25, 0.3) is 0 Å². The van der Waals surface area contributed by atoms with Crippen molar-refractivity contribution in [2.24, 2.45) is 17.6 Å². The number of amides is 1. The van der Waals surface area contributed by atoms with Crippen LogP contribution in [0.25, 0.3) is 5.57 Å². The molecule has 1 amide bonds. The zero-order chi connectivity index (χ0) is 25.4. The van der Waals surface area contributed by atoms with Gasteiger partial charge in [-0.2, -0.15) is 0 Å². The van der Waals surface area contributed by atoms with Crippen LogP contribution in [0.15, 0.2) is 70.7 Å². The van der Waals surface area contributed by atoms with Gasteiger partial charge in [0, 0.05) is 35.0 Å². The van der Waals surface area contributed by atoms with Crippen molar-refractivity contribution in [1.82, 2.24) is 4.90 Å². The number of nitrogens with two attached hydrogens (primary N) is 1. The summed E-state index contributed by atoms with van der Waals surface area (Å²) in [6.07, 6.45) is 7.16. The molecule has 0 saturated heterocycles. The second-order valence-corrected chi connectivity index (χ2v) is 10.3. The first-order valence-corrected chi connectivity index (χ1v) is 11.6. The van der Waals surface area contributed by atoms with Crippen molar-refractivity contribution in [1.29, 1.82) is 0 Å². The van der Waals surface area contributed by atoms with Crippen molar-refractivity contribution in [2.45, 2.75) is 37.0 Å². The second kappa shape index (κ2) is 7.58. The topological polar surface area (TPSA) is 147 Å². The smallest absolute Gasteiger partial charge is 0.248 e. The van der Waals surface area contributed by atoms with Crippen LogP contribution in [0.3, 0.4) is 0 Å². The molecule has 35 heavy (non-hydrogen) atoms. The van der Waals surface area contributed by atoms with Gasteiger partial charge in [-0.15, -0.1) is 0 Å². The highest BCUT2D eigenvalue weighted by Crippen LogP contribution is 2.61. The number of carbonyl (C=O) groups excluding carboxylic acids is 1. The van der Waals surface area contributed by atoms with Crippen LogP contribution in [0.1, 0.15) is 30.9 Å². The van der Waals surface area contributed by atoms with E-state index in [4.69, 9.17) is 5.73 Å². The molecule has 0 fully saturated rings. The summed E-state index contributed by atoms with van der Waals surface area (Å²) >= 11 is 0. The lowest BCUT2D eigenvalue weighted by atomic mass is 9.54. The number of aliphatic hydroxyl groups excluding tert-OH is 2. The molecule has 5 atom stereocenters. The Morgan fingerprint density at radius 1 is 1.11 bits per heavy atom. The van der Waals surface area contributed by atoms with E-state index in [1.165, 1.54) is 6.07 Å². The number of nitrogens with zero attached hydrogens (tertiary/aromatic N) is 1. The number of phenolic OH excluding ortho intramolecular Hbond substituents is 1. The van der Waals surface area contributed by atoms with Crippen LogP contribution in [0, 0.1) is 11.8 Å². The van der Waals surface area contributed by atoms with Crippen LogP contribution < -0.4 is 5.73 Å². The van der Waals surface area contributed by atoms with Gasteiger partial charge in [-0.1, -0.05) is 36.4 Å². The molecule has 4 aliphatic carbocycles. The third kappa shape index (κ3) is 3.07. The van der Waals surface area contributed by atoms with Crippen molar-refractivity contribution in [3.8, 4) is 5.75 Å². The van der Waals surface area contributed by atoms with Gasteiger partial charge in [-0.25, -0.2) is 0 Å². The minimum absolute atomic E-state index is 0.0583. The lowest BCUT2D eigenvalue weighted by molar-refractivity contribution is -0.120. The molecule has 0 bridgehead atoms. The lowest BCUT2D eigenvalue weighted by Gasteiger charge is -2.54. The normalized spacial score (nSPS) is 33.8. The molecule has 184 valence electrons. The highest BCUT2D eigenvalue weighted by molar-refractivity contribution is 5.95. The van der Waals surface area contributed by atoms with Gasteiger partial charge in [0.15, 0.2) is 0 Å². The molecule has 0 spiro atoms. The number of fused-ring (bicyclic) bond motifs is 3. The third-order valence-corrected chi connectivity index (χ3v) is 8.12. The van der Waals surface area contributed by atoms with E-state index in [0.717, 1.165) is 0 Å². The molecule has 2 unspecified atom stereocenters. The molecule has 0 radical (unpaired) electrons. The first-order chi connectivity index (χ1) is 16.4. The Morgan fingerprint density at radius 2 is 1.77 bits per heavy atom. The molecule has 8 nitrogen and oxygen atoms in total. The van der Waals surface area contributed by atoms with E-state index >= 15 is 0 Å². The molecular formula is C27H30N2O6. The van der Waals surface area contributed by atoms with E-state index in [2.05, 4.69) is 0 Å². The van der Waals surface area contributed by atoms with Gasteiger partial charge < -0.3 is 31.3 Å². The number of phenols is 1. The molecular weight excluding hydrogens is 448 g/mol. The Balaban J connectivity index is 1.86. The van der Waals surface area contributed by atoms with Crippen molar-refractivity contribution in [2.75, 3.05) is 14.1 Å². The molecule has 7 N–H and O–H groups in total. The Hall–Kier alpha value is -3.33. The molecule has 0 aromatic heterocycles. The van der Waals surface area contributed by atoms with Crippen molar-refractivity contribution >= 4 is 11.5 Å². The molecule has 1 aromatic carbocycles. The van der Waals surface area contributed by atoms with Gasteiger partial charge in [0.2, 0.25) is 5.91 Å². The summed E-state index contributed by atoms with van der Waals surface area (Å²) in [5.74, 6) is -2.97. The number of aliphatic hydroxyl groups is 4. The minimum atomic E-state index is -1.92. The van der Waals surface area contributed by atoms with E-state index in [-0.39, 0.29) is 35.7 Å². The van der Waals surface area contributed by atoms with Crippen molar-refractivity contribution in [3.63, 3.8) is 0 Å². The Morgan fingerprint density at radius 3 is 2.37 bits per heavy atom. The number of rotatable bonds is 2. The van der Waals surface area contributed by atoms with Gasteiger partial charge in [-0.3, -0.25) is 9.69 Å². The fourth-order valence-electron chi connectivity index (χ4n) is 6.48. The predicted molar refractivity (Wildman–Crippen MR) is 130 cm³/mol.